The molecule has 0 saturated heterocycles. The Morgan fingerprint density at radius 2 is 1.62 bits per heavy atom. The lowest BCUT2D eigenvalue weighted by Gasteiger charge is -2.27. The van der Waals surface area contributed by atoms with Gasteiger partial charge in [0.2, 0.25) is 10.0 Å². The van der Waals surface area contributed by atoms with Gasteiger partial charge in [-0.05, 0) is 80.1 Å². The number of hydrogen-bond donors (Lipinski definition) is 2. The maximum absolute atomic E-state index is 12.7. The second kappa shape index (κ2) is 13.6. The summed E-state index contributed by atoms with van der Waals surface area (Å²) in [5.41, 5.74) is 3.83. The predicted molar refractivity (Wildman–Crippen MR) is 152 cm³/mol. The number of nitrogens with one attached hydrogen (secondary N) is 2. The lowest BCUT2D eigenvalue weighted by Crippen LogP contribution is -2.46. The number of hydrogen-bond acceptors (Lipinski definition) is 7. The Balaban J connectivity index is 1.54. The molecule has 0 bridgehead atoms. The second-order valence-electron chi connectivity index (χ2n) is 8.28. The van der Waals surface area contributed by atoms with E-state index < -0.39 is 22.0 Å². The van der Waals surface area contributed by atoms with Gasteiger partial charge in [-0.25, -0.2) is 13.8 Å². The number of sulfonamides is 1. The van der Waals surface area contributed by atoms with Crippen LogP contribution in [0.15, 0.2) is 77.9 Å². The molecule has 0 aromatic heterocycles. The van der Waals surface area contributed by atoms with Crippen LogP contribution in [0.4, 0.5) is 11.4 Å². The molecule has 0 spiro atoms. The first-order valence-corrected chi connectivity index (χ1v) is 14.1. The molecule has 12 heteroatoms. The van der Waals surface area contributed by atoms with Gasteiger partial charge in [0.05, 0.1) is 35.5 Å². The summed E-state index contributed by atoms with van der Waals surface area (Å²) in [4.78, 5) is 24.8. The highest BCUT2D eigenvalue weighted by molar-refractivity contribution is 7.92. The number of carbonyl (C=O) groups is 2. The van der Waals surface area contributed by atoms with Crippen LogP contribution >= 0.6 is 11.6 Å². The van der Waals surface area contributed by atoms with Crippen molar-refractivity contribution >= 4 is 51.0 Å². The van der Waals surface area contributed by atoms with E-state index in [1.54, 1.807) is 72.8 Å². The molecule has 2 N–H and O–H groups in total. The number of rotatable bonds is 12. The van der Waals surface area contributed by atoms with E-state index in [-0.39, 0.29) is 12.5 Å². The number of para-hydroxylation sites is 1. The summed E-state index contributed by atoms with van der Waals surface area (Å²) in [5, 5.41) is 7.03. The summed E-state index contributed by atoms with van der Waals surface area (Å²) in [7, 11) is -3.77. The summed E-state index contributed by atoms with van der Waals surface area (Å²) in [5.74, 6) is 0.0699. The van der Waals surface area contributed by atoms with E-state index in [9.17, 15) is 18.0 Å². The summed E-state index contributed by atoms with van der Waals surface area (Å²) < 4.78 is 36.8. The Bertz CT molecular complexity index is 1410. The van der Waals surface area contributed by atoms with Crippen molar-refractivity contribution in [3.63, 3.8) is 0 Å². The molecule has 0 fully saturated rings. The van der Waals surface area contributed by atoms with Gasteiger partial charge in [-0.3, -0.25) is 13.9 Å². The molecule has 0 aliphatic heterocycles. The Morgan fingerprint density at radius 3 is 2.23 bits per heavy atom. The first-order chi connectivity index (χ1) is 18.6. The van der Waals surface area contributed by atoms with Crippen LogP contribution in [0, 0.1) is 0 Å². The van der Waals surface area contributed by atoms with Crippen LogP contribution in [-0.2, 0) is 19.6 Å². The summed E-state index contributed by atoms with van der Waals surface area (Å²) in [6.45, 7) is 3.58. The van der Waals surface area contributed by atoms with Crippen molar-refractivity contribution in [3.8, 4) is 11.5 Å². The van der Waals surface area contributed by atoms with E-state index in [0.717, 1.165) is 10.6 Å². The SMILES string of the molecule is CCOc1ccc(N(C(C)C(=O)N/N=C/c2ccc(OCC(=O)Nc3ccccc3Cl)cc2)S(C)(=O)=O)cc1. The maximum atomic E-state index is 12.7. The lowest BCUT2D eigenvalue weighted by molar-refractivity contribution is -0.121. The number of anilines is 2. The van der Waals surface area contributed by atoms with Crippen LogP contribution in [0.3, 0.4) is 0 Å². The number of hydrazone groups is 1. The monoisotopic (exact) mass is 572 g/mol. The van der Waals surface area contributed by atoms with Gasteiger partial charge in [0.25, 0.3) is 11.8 Å². The van der Waals surface area contributed by atoms with Gasteiger partial charge >= 0.3 is 0 Å². The molecule has 1 unspecified atom stereocenters. The van der Waals surface area contributed by atoms with Crippen molar-refractivity contribution in [1.29, 1.82) is 0 Å². The van der Waals surface area contributed by atoms with E-state index in [1.807, 2.05) is 6.92 Å². The van der Waals surface area contributed by atoms with Crippen LogP contribution in [0.1, 0.15) is 19.4 Å². The zero-order chi connectivity index (χ0) is 28.4. The quantitative estimate of drug-likeness (QED) is 0.249. The Hall–Kier alpha value is -4.09. The molecule has 39 heavy (non-hydrogen) atoms. The summed E-state index contributed by atoms with van der Waals surface area (Å²) in [6.07, 6.45) is 2.43. The highest BCUT2D eigenvalue weighted by Gasteiger charge is 2.29. The normalized spacial score (nSPS) is 12.0. The molecule has 3 aromatic rings. The average Bonchev–Trinajstić information content (AvgIpc) is 2.90. The number of amides is 2. The molecule has 0 heterocycles. The van der Waals surface area contributed by atoms with E-state index in [4.69, 9.17) is 21.1 Å². The molecule has 10 nitrogen and oxygen atoms in total. The minimum atomic E-state index is -3.77. The summed E-state index contributed by atoms with van der Waals surface area (Å²) >= 11 is 6.03. The number of ether oxygens (including phenoxy) is 2. The molecule has 3 aromatic carbocycles. The average molecular weight is 573 g/mol. The van der Waals surface area contributed by atoms with Gasteiger partial charge < -0.3 is 14.8 Å². The number of halogens is 1. The smallest absolute Gasteiger partial charge is 0.263 e. The van der Waals surface area contributed by atoms with Crippen LogP contribution < -0.4 is 24.5 Å². The zero-order valence-corrected chi connectivity index (χ0v) is 23.2. The van der Waals surface area contributed by atoms with Crippen LogP contribution in [-0.4, -0.2) is 52.0 Å². The van der Waals surface area contributed by atoms with Crippen molar-refractivity contribution in [3.05, 3.63) is 83.4 Å². The number of benzene rings is 3. The fourth-order valence-electron chi connectivity index (χ4n) is 3.48. The first-order valence-electron chi connectivity index (χ1n) is 11.9. The fraction of sp³-hybridized carbons (Fsp3) is 0.222. The van der Waals surface area contributed by atoms with E-state index >= 15 is 0 Å². The third-order valence-electron chi connectivity index (χ3n) is 5.28. The second-order valence-corrected chi connectivity index (χ2v) is 10.5. The Kier molecular flexibility index (Phi) is 10.3. The van der Waals surface area contributed by atoms with Gasteiger partial charge in [0.1, 0.15) is 17.5 Å². The van der Waals surface area contributed by atoms with Crippen molar-refractivity contribution in [2.24, 2.45) is 5.10 Å². The molecule has 2 amide bonds. The van der Waals surface area contributed by atoms with Gasteiger partial charge in [-0.1, -0.05) is 23.7 Å². The van der Waals surface area contributed by atoms with Crippen molar-refractivity contribution in [2.45, 2.75) is 19.9 Å². The largest absolute Gasteiger partial charge is 0.494 e. The maximum Gasteiger partial charge on any atom is 0.263 e. The van der Waals surface area contributed by atoms with Gasteiger partial charge in [-0.15, -0.1) is 0 Å². The molecule has 0 saturated carbocycles. The molecule has 3 rings (SSSR count). The lowest BCUT2D eigenvalue weighted by atomic mass is 10.2. The Morgan fingerprint density at radius 1 is 1.00 bits per heavy atom. The molecular weight excluding hydrogens is 544 g/mol. The van der Waals surface area contributed by atoms with Crippen molar-refractivity contribution in [1.82, 2.24) is 5.43 Å². The third-order valence-corrected chi connectivity index (χ3v) is 6.85. The predicted octanol–water partition coefficient (Wildman–Crippen LogP) is 4.06. The minimum absolute atomic E-state index is 0.211. The van der Waals surface area contributed by atoms with E-state index in [0.29, 0.717) is 40.1 Å². The van der Waals surface area contributed by atoms with E-state index in [1.165, 1.54) is 13.1 Å². The first kappa shape index (κ1) is 29.5. The highest BCUT2D eigenvalue weighted by Crippen LogP contribution is 2.24. The fourth-order valence-corrected chi connectivity index (χ4v) is 4.83. The van der Waals surface area contributed by atoms with Gasteiger partial charge in [-0.2, -0.15) is 5.10 Å². The minimum Gasteiger partial charge on any atom is -0.494 e. The molecule has 0 aliphatic carbocycles. The molecular formula is C27H29ClN4O6S. The standard InChI is InChI=1S/C27H29ClN4O6S/c1-4-37-22-15-11-21(12-16-22)32(39(3,35)36)19(2)27(34)31-29-17-20-9-13-23(14-10-20)38-18-26(33)30-25-8-6-5-7-24(25)28/h5-17,19H,4,18H2,1-3H3,(H,30,33)(H,31,34)/b29-17+. The van der Waals surface area contributed by atoms with Gasteiger partial charge in [0, 0.05) is 0 Å². The van der Waals surface area contributed by atoms with Gasteiger partial charge in [0.15, 0.2) is 6.61 Å². The third kappa shape index (κ3) is 8.72. The van der Waals surface area contributed by atoms with Crippen LogP contribution in [0.2, 0.25) is 5.02 Å². The summed E-state index contributed by atoms with van der Waals surface area (Å²) in [6, 6.07) is 18.9. The Labute approximate surface area is 232 Å². The molecule has 206 valence electrons. The zero-order valence-electron chi connectivity index (χ0n) is 21.6. The number of carbonyl (C=O) groups excluding carboxylic acids is 2. The molecule has 1 atom stereocenters. The molecule has 0 aliphatic rings. The van der Waals surface area contributed by atoms with Crippen LogP contribution in [0.25, 0.3) is 0 Å². The topological polar surface area (TPSA) is 126 Å². The van der Waals surface area contributed by atoms with E-state index in [2.05, 4.69) is 15.8 Å². The highest BCUT2D eigenvalue weighted by atomic mass is 35.5. The molecule has 0 radical (unpaired) electrons. The van der Waals surface area contributed by atoms with Crippen molar-refractivity contribution < 1.29 is 27.5 Å². The van der Waals surface area contributed by atoms with Crippen molar-refractivity contribution in [2.75, 3.05) is 29.1 Å². The number of nitrogens with zero attached hydrogens (tertiary/aromatic N) is 2. The van der Waals surface area contributed by atoms with Crippen LogP contribution in [0.5, 0.6) is 11.5 Å².